The summed E-state index contributed by atoms with van der Waals surface area (Å²) in [5.74, 6) is 0.686. The maximum atomic E-state index is 5.52. The van der Waals surface area contributed by atoms with Crippen LogP contribution in [0.15, 0.2) is 12.5 Å². The van der Waals surface area contributed by atoms with E-state index in [-0.39, 0.29) is 6.10 Å². The minimum Gasteiger partial charge on any atom is -0.372 e. The molecular formula is C8H11N5O. The van der Waals surface area contributed by atoms with Crippen molar-refractivity contribution in [2.45, 2.75) is 6.10 Å². The van der Waals surface area contributed by atoms with Crippen LogP contribution in [0.1, 0.15) is 11.9 Å². The van der Waals surface area contributed by atoms with Crippen LogP contribution in [0, 0.1) is 0 Å². The highest BCUT2D eigenvalue weighted by molar-refractivity contribution is 5.68. The first-order valence-electron chi connectivity index (χ1n) is 4.23. The van der Waals surface area contributed by atoms with E-state index in [1.165, 1.54) is 6.33 Å². The second kappa shape index (κ2) is 3.69. The molecule has 0 saturated carbocycles. The molecule has 0 radical (unpaired) electrons. The van der Waals surface area contributed by atoms with Gasteiger partial charge in [0.1, 0.15) is 23.8 Å². The van der Waals surface area contributed by atoms with Gasteiger partial charge >= 0.3 is 0 Å². The number of H-pyrrole nitrogens is 1. The molecule has 0 aliphatic rings. The van der Waals surface area contributed by atoms with Gasteiger partial charge in [0.2, 0.25) is 0 Å². The minimum absolute atomic E-state index is 0.218. The molecule has 0 amide bonds. The Morgan fingerprint density at radius 1 is 1.64 bits per heavy atom. The Labute approximate surface area is 80.5 Å². The van der Waals surface area contributed by atoms with Crippen LogP contribution < -0.4 is 5.73 Å². The summed E-state index contributed by atoms with van der Waals surface area (Å²) >= 11 is 0. The monoisotopic (exact) mass is 193 g/mol. The Bertz CT molecular complexity index is 389. The summed E-state index contributed by atoms with van der Waals surface area (Å²) in [7, 11) is 1.59. The summed E-state index contributed by atoms with van der Waals surface area (Å²) in [5.41, 5.74) is 6.94. The van der Waals surface area contributed by atoms with Gasteiger partial charge in [-0.3, -0.25) is 0 Å². The predicted molar refractivity (Wildman–Crippen MR) is 50.5 cm³/mol. The minimum atomic E-state index is -0.218. The van der Waals surface area contributed by atoms with Crippen molar-refractivity contribution >= 4 is 11.2 Å². The molecule has 0 bridgehead atoms. The lowest BCUT2D eigenvalue weighted by Crippen LogP contribution is -2.15. The molecule has 2 rings (SSSR count). The molecule has 0 spiro atoms. The lowest BCUT2D eigenvalue weighted by Gasteiger charge is -2.08. The molecule has 3 N–H and O–H groups in total. The average molecular weight is 193 g/mol. The molecule has 1 unspecified atom stereocenters. The standard InChI is InChI=1S/C8H11N5O/c1-14-6(2-9)8-12-5-3-10-4-11-7(5)13-8/h3-4,6H,2,9H2,1H3,(H,10,11,12,13). The maximum absolute atomic E-state index is 5.52. The van der Waals surface area contributed by atoms with Gasteiger partial charge in [-0.05, 0) is 0 Å². The normalized spacial score (nSPS) is 13.3. The van der Waals surface area contributed by atoms with Crippen molar-refractivity contribution < 1.29 is 4.74 Å². The van der Waals surface area contributed by atoms with Crippen LogP contribution in [0.3, 0.4) is 0 Å². The molecule has 0 saturated heterocycles. The van der Waals surface area contributed by atoms with Crippen molar-refractivity contribution in [2.24, 2.45) is 5.73 Å². The summed E-state index contributed by atoms with van der Waals surface area (Å²) in [4.78, 5) is 15.2. The Balaban J connectivity index is 2.43. The van der Waals surface area contributed by atoms with E-state index in [9.17, 15) is 0 Å². The number of aromatic nitrogens is 4. The summed E-state index contributed by atoms with van der Waals surface area (Å²) in [6.45, 7) is 0.379. The molecule has 2 heterocycles. The first kappa shape index (κ1) is 9.04. The molecular weight excluding hydrogens is 182 g/mol. The SMILES string of the molecule is COC(CN)c1nc2ncncc2[nH]1. The molecule has 1 atom stereocenters. The molecule has 0 fully saturated rings. The number of ether oxygens (including phenoxy) is 1. The lowest BCUT2D eigenvalue weighted by molar-refractivity contribution is 0.104. The maximum Gasteiger partial charge on any atom is 0.180 e. The van der Waals surface area contributed by atoms with Gasteiger partial charge < -0.3 is 15.5 Å². The fraction of sp³-hybridized carbons (Fsp3) is 0.375. The van der Waals surface area contributed by atoms with Gasteiger partial charge in [0.25, 0.3) is 0 Å². The van der Waals surface area contributed by atoms with Crippen LogP contribution in [0.2, 0.25) is 0 Å². The third-order valence-corrected chi connectivity index (χ3v) is 1.98. The first-order valence-corrected chi connectivity index (χ1v) is 4.23. The van der Waals surface area contributed by atoms with Crippen LogP contribution in [0.5, 0.6) is 0 Å². The summed E-state index contributed by atoms with van der Waals surface area (Å²) < 4.78 is 5.15. The molecule has 0 aliphatic heterocycles. The van der Waals surface area contributed by atoms with E-state index < -0.39 is 0 Å². The molecule has 2 aromatic rings. The van der Waals surface area contributed by atoms with E-state index in [1.54, 1.807) is 13.3 Å². The Morgan fingerprint density at radius 3 is 3.14 bits per heavy atom. The highest BCUT2D eigenvalue weighted by atomic mass is 16.5. The molecule has 0 aromatic carbocycles. The van der Waals surface area contributed by atoms with Gasteiger partial charge in [-0.25, -0.2) is 15.0 Å². The van der Waals surface area contributed by atoms with E-state index >= 15 is 0 Å². The number of rotatable bonds is 3. The molecule has 6 nitrogen and oxygen atoms in total. The van der Waals surface area contributed by atoms with Crippen LogP contribution >= 0.6 is 0 Å². The number of nitrogens with one attached hydrogen (secondary N) is 1. The second-order valence-corrected chi connectivity index (χ2v) is 2.84. The zero-order valence-electron chi connectivity index (χ0n) is 7.77. The quantitative estimate of drug-likeness (QED) is 0.716. The highest BCUT2D eigenvalue weighted by Gasteiger charge is 2.13. The van der Waals surface area contributed by atoms with Crippen molar-refractivity contribution in [1.82, 2.24) is 19.9 Å². The van der Waals surface area contributed by atoms with Crippen molar-refractivity contribution in [2.75, 3.05) is 13.7 Å². The number of aromatic amines is 1. The van der Waals surface area contributed by atoms with Crippen molar-refractivity contribution in [3.05, 3.63) is 18.3 Å². The third-order valence-electron chi connectivity index (χ3n) is 1.98. The van der Waals surface area contributed by atoms with E-state index in [0.717, 1.165) is 5.52 Å². The Hall–Kier alpha value is -1.53. The van der Waals surface area contributed by atoms with E-state index in [0.29, 0.717) is 18.0 Å². The van der Waals surface area contributed by atoms with Crippen molar-refractivity contribution in [3.8, 4) is 0 Å². The molecule has 2 aromatic heterocycles. The molecule has 74 valence electrons. The average Bonchev–Trinajstić information content (AvgIpc) is 2.63. The highest BCUT2D eigenvalue weighted by Crippen LogP contribution is 2.14. The lowest BCUT2D eigenvalue weighted by atomic mass is 10.3. The number of imidazole rings is 1. The van der Waals surface area contributed by atoms with E-state index in [1.807, 2.05) is 0 Å². The number of hydrogen-bond donors (Lipinski definition) is 2. The van der Waals surface area contributed by atoms with Crippen LogP contribution in [0.4, 0.5) is 0 Å². The zero-order chi connectivity index (χ0) is 9.97. The number of fused-ring (bicyclic) bond motifs is 1. The largest absolute Gasteiger partial charge is 0.372 e. The summed E-state index contributed by atoms with van der Waals surface area (Å²) in [6, 6.07) is 0. The van der Waals surface area contributed by atoms with Crippen LogP contribution in [-0.2, 0) is 4.74 Å². The van der Waals surface area contributed by atoms with Gasteiger partial charge in [-0.2, -0.15) is 0 Å². The fourth-order valence-electron chi connectivity index (χ4n) is 1.25. The fourth-order valence-corrected chi connectivity index (χ4v) is 1.25. The first-order chi connectivity index (χ1) is 6.85. The zero-order valence-corrected chi connectivity index (χ0v) is 7.77. The topological polar surface area (TPSA) is 89.7 Å². The predicted octanol–water partition coefficient (Wildman–Crippen LogP) is -0.000900. The van der Waals surface area contributed by atoms with E-state index in [2.05, 4.69) is 19.9 Å². The summed E-state index contributed by atoms with van der Waals surface area (Å²) in [5, 5.41) is 0. The van der Waals surface area contributed by atoms with Gasteiger partial charge in [0, 0.05) is 13.7 Å². The Kier molecular flexibility index (Phi) is 2.38. The molecule has 14 heavy (non-hydrogen) atoms. The smallest absolute Gasteiger partial charge is 0.180 e. The number of methoxy groups -OCH3 is 1. The molecule has 6 heteroatoms. The Morgan fingerprint density at radius 2 is 2.50 bits per heavy atom. The van der Waals surface area contributed by atoms with E-state index in [4.69, 9.17) is 10.5 Å². The number of hydrogen-bond acceptors (Lipinski definition) is 5. The third kappa shape index (κ3) is 1.45. The van der Waals surface area contributed by atoms with Gasteiger partial charge in [-0.1, -0.05) is 0 Å². The number of nitrogens with zero attached hydrogens (tertiary/aromatic N) is 3. The van der Waals surface area contributed by atoms with Gasteiger partial charge in [0.05, 0.1) is 6.20 Å². The summed E-state index contributed by atoms with van der Waals surface area (Å²) in [6.07, 6.45) is 2.91. The molecule has 0 aliphatic carbocycles. The van der Waals surface area contributed by atoms with Crippen molar-refractivity contribution in [3.63, 3.8) is 0 Å². The number of nitrogens with two attached hydrogens (primary N) is 1. The van der Waals surface area contributed by atoms with Crippen molar-refractivity contribution in [1.29, 1.82) is 0 Å². The van der Waals surface area contributed by atoms with Gasteiger partial charge in [0.15, 0.2) is 5.65 Å². The van der Waals surface area contributed by atoms with Crippen LogP contribution in [-0.4, -0.2) is 33.6 Å². The van der Waals surface area contributed by atoms with Crippen LogP contribution in [0.25, 0.3) is 11.2 Å². The second-order valence-electron chi connectivity index (χ2n) is 2.84. The van der Waals surface area contributed by atoms with Gasteiger partial charge in [-0.15, -0.1) is 0 Å².